The van der Waals surface area contributed by atoms with Crippen molar-refractivity contribution in [1.29, 1.82) is 0 Å². The Labute approximate surface area is 103 Å². The Kier molecular flexibility index (Phi) is 15.5. The van der Waals surface area contributed by atoms with Crippen LogP contribution in [0.3, 0.4) is 0 Å². The fraction of sp³-hybridized carbons (Fsp3) is 0.750. The van der Waals surface area contributed by atoms with E-state index in [9.17, 15) is 4.79 Å². The van der Waals surface area contributed by atoms with Crippen molar-refractivity contribution in [3.05, 3.63) is 17.1 Å². The molecule has 5 nitrogen and oxygen atoms in total. The first-order valence-electron chi connectivity index (χ1n) is 5.89. The van der Waals surface area contributed by atoms with Crippen LogP contribution in [0.2, 0.25) is 0 Å². The minimum absolute atomic E-state index is 0.265. The molecule has 0 bridgehead atoms. The lowest BCUT2D eigenvalue weighted by Gasteiger charge is -2.03. The van der Waals surface area contributed by atoms with Gasteiger partial charge in [0.15, 0.2) is 5.34 Å². The van der Waals surface area contributed by atoms with Gasteiger partial charge in [-0.2, -0.15) is 0 Å². The zero-order valence-electron chi connectivity index (χ0n) is 10.8. The van der Waals surface area contributed by atoms with Gasteiger partial charge < -0.3 is 9.94 Å². The van der Waals surface area contributed by atoms with Gasteiger partial charge in [-0.25, -0.2) is 4.79 Å². The molecule has 0 aromatic carbocycles. The number of esters is 1. The van der Waals surface area contributed by atoms with Crippen LogP contribution in [-0.4, -0.2) is 17.8 Å². The minimum Gasteiger partial charge on any atom is -0.462 e. The summed E-state index contributed by atoms with van der Waals surface area (Å²) in [7, 11) is 0. The highest BCUT2D eigenvalue weighted by molar-refractivity contribution is 5.86. The highest BCUT2D eigenvalue weighted by Gasteiger charge is 2.01. The molecule has 0 aliphatic rings. The van der Waals surface area contributed by atoms with Crippen LogP contribution >= 0.6 is 0 Å². The molecule has 0 amide bonds. The Hall–Kier alpha value is -1.39. The first-order valence-corrected chi connectivity index (χ1v) is 5.89. The standard InChI is InChI=1S/C12H22O2.HNO2/c1-4-5-6-7-8-9-10-14-12(13)11(2)3;2-1-3/h2,4-10H2,1,3H3;(H,2,3). The largest absolute Gasteiger partial charge is 0.462 e. The molecule has 0 saturated carbocycles. The number of rotatable bonds is 8. The van der Waals surface area contributed by atoms with Gasteiger partial charge >= 0.3 is 5.97 Å². The van der Waals surface area contributed by atoms with E-state index in [0.717, 1.165) is 12.8 Å². The fourth-order valence-corrected chi connectivity index (χ4v) is 1.17. The fourth-order valence-electron chi connectivity index (χ4n) is 1.17. The lowest BCUT2D eigenvalue weighted by atomic mass is 10.1. The third kappa shape index (κ3) is 17.2. The summed E-state index contributed by atoms with van der Waals surface area (Å²) in [6.45, 7) is 7.93. The minimum atomic E-state index is -0.265. The zero-order chi connectivity index (χ0) is 13.5. The number of carbonyl (C=O) groups is 1. The molecule has 0 atom stereocenters. The normalized spacial score (nSPS) is 8.82. The third-order valence-electron chi connectivity index (χ3n) is 2.08. The molecule has 1 N–H and O–H groups in total. The molecule has 0 heterocycles. The van der Waals surface area contributed by atoms with Crippen LogP contribution in [0, 0.1) is 4.91 Å². The quantitative estimate of drug-likeness (QED) is 0.233. The molecule has 0 radical (unpaired) electrons. The first-order chi connectivity index (χ1) is 8.09. The van der Waals surface area contributed by atoms with Gasteiger partial charge in [0, 0.05) is 5.57 Å². The predicted molar refractivity (Wildman–Crippen MR) is 66.7 cm³/mol. The molecular weight excluding hydrogens is 222 g/mol. The molecule has 0 aliphatic carbocycles. The van der Waals surface area contributed by atoms with Gasteiger partial charge in [0.1, 0.15) is 0 Å². The smallest absolute Gasteiger partial charge is 0.333 e. The van der Waals surface area contributed by atoms with Crippen molar-refractivity contribution in [2.45, 2.75) is 52.4 Å². The van der Waals surface area contributed by atoms with Crippen LogP contribution in [0.4, 0.5) is 0 Å². The zero-order valence-corrected chi connectivity index (χ0v) is 10.8. The van der Waals surface area contributed by atoms with E-state index in [0.29, 0.717) is 12.2 Å². The lowest BCUT2D eigenvalue weighted by Crippen LogP contribution is -2.05. The molecule has 100 valence electrons. The number of carbonyl (C=O) groups excluding carboxylic acids is 1. The Morgan fingerprint density at radius 1 is 1.24 bits per heavy atom. The van der Waals surface area contributed by atoms with Crippen molar-refractivity contribution < 1.29 is 14.7 Å². The molecule has 0 fully saturated rings. The monoisotopic (exact) mass is 245 g/mol. The van der Waals surface area contributed by atoms with Gasteiger partial charge in [0.2, 0.25) is 0 Å². The maximum Gasteiger partial charge on any atom is 0.333 e. The SMILES string of the molecule is C=C(C)C(=O)OCCCCCCCC.O=NO. The Morgan fingerprint density at radius 2 is 1.71 bits per heavy atom. The topological polar surface area (TPSA) is 76.0 Å². The maximum absolute atomic E-state index is 11.0. The van der Waals surface area contributed by atoms with Crippen LogP contribution in [-0.2, 0) is 9.53 Å². The summed E-state index contributed by atoms with van der Waals surface area (Å²) in [6.07, 6.45) is 7.26. The molecule has 0 aromatic rings. The summed E-state index contributed by atoms with van der Waals surface area (Å²) in [5.74, 6) is -0.265. The van der Waals surface area contributed by atoms with Crippen molar-refractivity contribution in [3.63, 3.8) is 0 Å². The van der Waals surface area contributed by atoms with E-state index in [1.165, 1.54) is 31.0 Å². The van der Waals surface area contributed by atoms with Crippen LogP contribution in [0.15, 0.2) is 17.5 Å². The molecule has 17 heavy (non-hydrogen) atoms. The Morgan fingerprint density at radius 3 is 2.18 bits per heavy atom. The van der Waals surface area contributed by atoms with Crippen molar-refractivity contribution in [1.82, 2.24) is 0 Å². The third-order valence-corrected chi connectivity index (χ3v) is 2.08. The molecule has 0 saturated heterocycles. The molecule has 0 aliphatic heterocycles. The van der Waals surface area contributed by atoms with Gasteiger partial charge in [-0.1, -0.05) is 45.6 Å². The summed E-state index contributed by atoms with van der Waals surface area (Å²) in [5.41, 5.74) is 0.482. The molecule has 5 heteroatoms. The predicted octanol–water partition coefficient (Wildman–Crippen LogP) is 3.61. The van der Waals surface area contributed by atoms with Crippen molar-refractivity contribution in [3.8, 4) is 0 Å². The summed E-state index contributed by atoms with van der Waals surface area (Å²) in [6, 6.07) is 0. The summed E-state index contributed by atoms with van der Waals surface area (Å²) < 4.78 is 4.97. The lowest BCUT2D eigenvalue weighted by molar-refractivity contribution is -0.139. The van der Waals surface area contributed by atoms with Gasteiger partial charge in [0.05, 0.1) is 6.61 Å². The van der Waals surface area contributed by atoms with Gasteiger partial charge in [-0.15, -0.1) is 4.91 Å². The van der Waals surface area contributed by atoms with E-state index in [2.05, 4.69) is 13.5 Å². The number of unbranched alkanes of at least 4 members (excludes halogenated alkanes) is 5. The summed E-state index contributed by atoms with van der Waals surface area (Å²) in [5, 5.41) is 7.89. The number of nitrogens with zero attached hydrogens (tertiary/aromatic N) is 1. The Balaban J connectivity index is 0. The molecule has 0 spiro atoms. The highest BCUT2D eigenvalue weighted by Crippen LogP contribution is 2.05. The van der Waals surface area contributed by atoms with E-state index < -0.39 is 0 Å². The van der Waals surface area contributed by atoms with E-state index in [4.69, 9.17) is 14.9 Å². The second-order valence-electron chi connectivity index (χ2n) is 3.77. The van der Waals surface area contributed by atoms with Crippen LogP contribution in [0.5, 0.6) is 0 Å². The van der Waals surface area contributed by atoms with E-state index in [1.807, 2.05) is 0 Å². The average Bonchev–Trinajstić information content (AvgIpc) is 2.28. The number of hydrogen-bond donors (Lipinski definition) is 1. The molecular formula is C12H23NO4. The van der Waals surface area contributed by atoms with Crippen LogP contribution in [0.25, 0.3) is 0 Å². The summed E-state index contributed by atoms with van der Waals surface area (Å²) in [4.78, 5) is 19.1. The van der Waals surface area contributed by atoms with E-state index in [1.54, 1.807) is 6.92 Å². The van der Waals surface area contributed by atoms with E-state index in [-0.39, 0.29) is 5.97 Å². The molecule has 0 aromatic heterocycles. The van der Waals surface area contributed by atoms with E-state index >= 15 is 0 Å². The van der Waals surface area contributed by atoms with Crippen molar-refractivity contribution in [2.24, 2.45) is 5.34 Å². The van der Waals surface area contributed by atoms with Crippen molar-refractivity contribution in [2.75, 3.05) is 6.61 Å². The second-order valence-corrected chi connectivity index (χ2v) is 3.77. The number of ether oxygens (including phenoxy) is 1. The average molecular weight is 245 g/mol. The van der Waals surface area contributed by atoms with Crippen LogP contribution in [0.1, 0.15) is 52.4 Å². The maximum atomic E-state index is 11.0. The molecule has 0 rings (SSSR count). The van der Waals surface area contributed by atoms with Crippen LogP contribution < -0.4 is 0 Å². The Bertz CT molecular complexity index is 217. The first kappa shape index (κ1) is 18.0. The van der Waals surface area contributed by atoms with Gasteiger partial charge in [-0.3, -0.25) is 0 Å². The van der Waals surface area contributed by atoms with Crippen molar-refractivity contribution >= 4 is 5.97 Å². The summed E-state index contributed by atoms with van der Waals surface area (Å²) >= 11 is 0. The second kappa shape index (κ2) is 14.6. The van der Waals surface area contributed by atoms with Gasteiger partial charge in [0.25, 0.3) is 0 Å². The highest BCUT2D eigenvalue weighted by atomic mass is 16.6. The molecule has 0 unspecified atom stereocenters. The van der Waals surface area contributed by atoms with Gasteiger partial charge in [-0.05, 0) is 13.3 Å². The number of hydrogen-bond acceptors (Lipinski definition) is 4.